The lowest BCUT2D eigenvalue weighted by Gasteiger charge is -2.44. The molecule has 0 amide bonds. The molecule has 0 radical (unpaired) electrons. The van der Waals surface area contributed by atoms with E-state index in [1.165, 1.54) is 26.6 Å². The molecule has 17 heteroatoms. The molecule has 2 bridgehead atoms. The number of carboxylic acid groups (broad SMARTS) is 1. The minimum atomic E-state index is -5.08. The minimum Gasteiger partial charge on any atom is -0.619 e. The molecule has 3 aromatic carbocycles. The Morgan fingerprint density at radius 1 is 0.929 bits per heavy atom. The molecule has 56 heavy (non-hydrogen) atoms. The molecule has 0 aliphatic carbocycles. The van der Waals surface area contributed by atoms with Crippen molar-refractivity contribution < 1.29 is 56.3 Å². The molecule has 0 saturated carbocycles. The molecule has 12 nitrogen and oxygen atoms in total. The number of halogens is 5. The lowest BCUT2D eigenvalue weighted by molar-refractivity contribution is -0.605. The molecule has 0 unspecified atom stereocenters. The van der Waals surface area contributed by atoms with Crippen LogP contribution in [-0.2, 0) is 25.5 Å². The quantitative estimate of drug-likeness (QED) is 0.0848. The lowest BCUT2D eigenvalue weighted by atomic mass is 9.86. The molecule has 298 valence electrons. The number of carbonyl (C=O) groups excluding carboxylic acids is 2. The molecule has 3 aliphatic rings. The maximum absolute atomic E-state index is 13.8. The number of aliphatic carboxylic acids is 1. The van der Waals surface area contributed by atoms with Gasteiger partial charge in [0.05, 0.1) is 19.8 Å². The van der Waals surface area contributed by atoms with Crippen LogP contribution in [0.2, 0.25) is 10.0 Å². The predicted molar refractivity (Wildman–Crippen MR) is 199 cm³/mol. The monoisotopic (exact) mass is 819 g/mol. The van der Waals surface area contributed by atoms with E-state index in [1.807, 2.05) is 30.3 Å². The fourth-order valence-corrected chi connectivity index (χ4v) is 7.08. The zero-order valence-electron chi connectivity index (χ0n) is 30.1. The SMILES string of the molecule is COc1ccc([C@H](Cc2c(Cl)c[n+]([O-])cc2Cl)OC(=O)c2cccc(N[C@@H](C(=O)O[C@H]3CN4CCC3CC4)c3ccccc3)c2)cc1OC.O=C(O)C(F)(F)F. The van der Waals surface area contributed by atoms with Crippen LogP contribution >= 0.6 is 23.2 Å². The zero-order valence-corrected chi connectivity index (χ0v) is 31.6. The van der Waals surface area contributed by atoms with E-state index in [0.29, 0.717) is 39.0 Å². The first kappa shape index (κ1) is 41.9. The van der Waals surface area contributed by atoms with E-state index in [4.69, 9.17) is 52.1 Å². The van der Waals surface area contributed by atoms with E-state index < -0.39 is 30.3 Å². The number of aromatic nitrogens is 1. The number of esters is 2. The first-order valence-electron chi connectivity index (χ1n) is 17.3. The number of fused-ring (bicyclic) bond motifs is 3. The molecule has 1 aromatic heterocycles. The molecule has 4 heterocycles. The van der Waals surface area contributed by atoms with Crippen molar-refractivity contribution in [3.8, 4) is 11.5 Å². The van der Waals surface area contributed by atoms with Crippen molar-refractivity contribution in [3.63, 3.8) is 0 Å². The van der Waals surface area contributed by atoms with Crippen molar-refractivity contribution in [2.24, 2.45) is 5.92 Å². The standard InChI is InChI=1S/C37H37Cl2N3O7.C2HF3O2/c1-46-31-12-11-25(18-33(31)47-2)32(19-28-29(38)20-42(45)21-30(28)39)48-36(43)26-9-6-10-27(17-26)40-35(24-7-4-3-5-8-24)37(44)49-34-22-41-15-13-23(34)14-16-41;3-2(4,5)1(6)7/h3-12,17-18,20-21,23,32,34-35,40H,13-16,19,22H2,1-2H3;(H,6,7)/t32-,34-,35+;/m0./s1. The molecule has 3 atom stereocenters. The lowest BCUT2D eigenvalue weighted by Crippen LogP contribution is -2.52. The Morgan fingerprint density at radius 3 is 2.14 bits per heavy atom. The summed E-state index contributed by atoms with van der Waals surface area (Å²) in [7, 11) is 3.03. The van der Waals surface area contributed by atoms with Crippen LogP contribution in [0.4, 0.5) is 18.9 Å². The van der Waals surface area contributed by atoms with Crippen molar-refractivity contribution in [3.05, 3.63) is 123 Å². The zero-order chi connectivity index (χ0) is 40.6. The van der Waals surface area contributed by atoms with Gasteiger partial charge >= 0.3 is 24.1 Å². The van der Waals surface area contributed by atoms with Gasteiger partial charge in [-0.15, -0.1) is 0 Å². The molecular weight excluding hydrogens is 782 g/mol. The molecule has 3 saturated heterocycles. The van der Waals surface area contributed by atoms with Crippen LogP contribution in [0, 0.1) is 11.1 Å². The van der Waals surface area contributed by atoms with Crippen LogP contribution in [-0.4, -0.2) is 74.0 Å². The van der Waals surface area contributed by atoms with Crippen LogP contribution in [0.3, 0.4) is 0 Å². The molecule has 7 rings (SSSR count). The summed E-state index contributed by atoms with van der Waals surface area (Å²) >= 11 is 12.8. The first-order chi connectivity index (χ1) is 26.7. The summed E-state index contributed by atoms with van der Waals surface area (Å²) in [5.41, 5.74) is 2.55. The number of methoxy groups -OCH3 is 2. The minimum absolute atomic E-state index is 0.0686. The number of benzene rings is 3. The smallest absolute Gasteiger partial charge is 0.490 e. The van der Waals surface area contributed by atoms with Crippen molar-refractivity contribution in [2.75, 3.05) is 39.2 Å². The van der Waals surface area contributed by atoms with Gasteiger partial charge in [-0.05, 0) is 73.3 Å². The maximum Gasteiger partial charge on any atom is 0.490 e. The van der Waals surface area contributed by atoms with Crippen LogP contribution < -0.4 is 19.5 Å². The van der Waals surface area contributed by atoms with Crippen molar-refractivity contribution >= 4 is 46.8 Å². The normalized spacial score (nSPS) is 18.4. The highest BCUT2D eigenvalue weighted by Gasteiger charge is 2.39. The third-order valence-electron chi connectivity index (χ3n) is 9.36. The summed E-state index contributed by atoms with van der Waals surface area (Å²) in [4.78, 5) is 38.7. The second-order valence-corrected chi connectivity index (χ2v) is 13.8. The van der Waals surface area contributed by atoms with Gasteiger partial charge in [-0.25, -0.2) is 14.4 Å². The van der Waals surface area contributed by atoms with Crippen LogP contribution in [0.15, 0.2) is 85.2 Å². The number of hydrogen-bond acceptors (Lipinski definition) is 10. The summed E-state index contributed by atoms with van der Waals surface area (Å²) < 4.78 is 55.3. The summed E-state index contributed by atoms with van der Waals surface area (Å²) in [6.45, 7) is 2.83. The first-order valence-corrected chi connectivity index (χ1v) is 18.1. The Kier molecular flexibility index (Phi) is 13.9. The Hall–Kier alpha value is -5.25. The molecular formula is C39H38Cl2F3N3O9. The Bertz CT molecular complexity index is 1990. The molecule has 3 fully saturated rings. The maximum atomic E-state index is 13.8. The predicted octanol–water partition coefficient (Wildman–Crippen LogP) is 7.21. The van der Waals surface area contributed by atoms with Crippen LogP contribution in [0.25, 0.3) is 0 Å². The van der Waals surface area contributed by atoms with Gasteiger partial charge in [0.25, 0.3) is 0 Å². The van der Waals surface area contributed by atoms with E-state index >= 15 is 0 Å². The third kappa shape index (κ3) is 10.7. The summed E-state index contributed by atoms with van der Waals surface area (Å²) in [5, 5.41) is 22.6. The van der Waals surface area contributed by atoms with Gasteiger partial charge < -0.3 is 34.6 Å². The number of nitrogens with zero attached hydrogens (tertiary/aromatic N) is 2. The number of alkyl halides is 3. The van der Waals surface area contributed by atoms with Gasteiger partial charge in [0, 0.05) is 24.2 Å². The van der Waals surface area contributed by atoms with E-state index in [9.17, 15) is 28.0 Å². The van der Waals surface area contributed by atoms with Crippen molar-refractivity contribution in [2.45, 2.75) is 43.7 Å². The molecule has 4 aromatic rings. The number of hydrogen-bond donors (Lipinski definition) is 2. The van der Waals surface area contributed by atoms with Gasteiger partial charge in [-0.1, -0.05) is 65.7 Å². The largest absolute Gasteiger partial charge is 0.619 e. The number of piperidine rings is 3. The van der Waals surface area contributed by atoms with Crippen molar-refractivity contribution in [1.82, 2.24) is 4.90 Å². The second-order valence-electron chi connectivity index (χ2n) is 13.0. The van der Waals surface area contributed by atoms with Crippen LogP contribution in [0.1, 0.15) is 52.0 Å². The van der Waals surface area contributed by atoms with Crippen molar-refractivity contribution in [1.29, 1.82) is 0 Å². The summed E-state index contributed by atoms with van der Waals surface area (Å²) in [6, 6.07) is 20.5. The van der Waals surface area contributed by atoms with Gasteiger partial charge in [0.2, 0.25) is 0 Å². The third-order valence-corrected chi connectivity index (χ3v) is 10.0. The topological polar surface area (TPSA) is 151 Å². The average molecular weight is 821 g/mol. The summed E-state index contributed by atoms with van der Waals surface area (Å²) in [5.74, 6) is -2.46. The highest BCUT2D eigenvalue weighted by molar-refractivity contribution is 6.35. The fourth-order valence-electron chi connectivity index (χ4n) is 6.48. The van der Waals surface area contributed by atoms with E-state index in [1.54, 1.807) is 42.5 Å². The van der Waals surface area contributed by atoms with E-state index in [-0.39, 0.29) is 34.1 Å². The summed E-state index contributed by atoms with van der Waals surface area (Å²) in [6.07, 6.45) is -1.61. The molecule has 2 N–H and O–H groups in total. The molecule has 3 aliphatic heterocycles. The fraction of sp³-hybridized carbons (Fsp3) is 0.333. The average Bonchev–Trinajstić information content (AvgIpc) is 3.18. The van der Waals surface area contributed by atoms with E-state index in [2.05, 4.69) is 10.2 Å². The highest BCUT2D eigenvalue weighted by atomic mass is 35.5. The Morgan fingerprint density at radius 2 is 1.57 bits per heavy atom. The van der Waals surface area contributed by atoms with Gasteiger partial charge in [-0.2, -0.15) is 17.9 Å². The number of carboxylic acids is 1. The highest BCUT2D eigenvalue weighted by Crippen LogP contribution is 2.36. The van der Waals surface area contributed by atoms with E-state index in [0.717, 1.165) is 38.0 Å². The van der Waals surface area contributed by atoms with Crippen LogP contribution in [0.5, 0.6) is 11.5 Å². The van der Waals surface area contributed by atoms with Gasteiger partial charge in [0.1, 0.15) is 22.3 Å². The number of anilines is 1. The molecule has 0 spiro atoms. The Balaban J connectivity index is 0.000000784. The number of rotatable bonds is 12. The second kappa shape index (κ2) is 18.6. The Labute approximate surface area is 330 Å². The number of pyridine rings is 1. The number of nitrogens with one attached hydrogen (secondary N) is 1. The number of carbonyl (C=O) groups is 3. The van der Waals surface area contributed by atoms with Gasteiger partial charge in [-0.3, -0.25) is 4.90 Å². The van der Waals surface area contributed by atoms with Gasteiger partial charge in [0.15, 0.2) is 29.9 Å². The number of ether oxygens (including phenoxy) is 4.